The quantitative estimate of drug-likeness (QED) is 0.772. The Morgan fingerprint density at radius 1 is 1.24 bits per heavy atom. The Morgan fingerprint density at radius 3 is 2.64 bits per heavy atom. The predicted octanol–water partition coefficient (Wildman–Crippen LogP) is 3.06. The van der Waals surface area contributed by atoms with E-state index in [1.54, 1.807) is 51.1 Å². The summed E-state index contributed by atoms with van der Waals surface area (Å²) in [7, 11) is 0. The lowest BCUT2D eigenvalue weighted by Gasteiger charge is -2.21. The molecule has 0 spiro atoms. The second-order valence-corrected chi connectivity index (χ2v) is 6.55. The lowest BCUT2D eigenvalue weighted by Crippen LogP contribution is -2.36. The average molecular weight is 345 g/mol. The smallest absolute Gasteiger partial charge is 0.407 e. The van der Waals surface area contributed by atoms with Crippen molar-refractivity contribution in [1.29, 1.82) is 0 Å². The summed E-state index contributed by atoms with van der Waals surface area (Å²) in [5.41, 5.74) is 6.90. The molecular weight excluding hydrogens is 322 g/mol. The van der Waals surface area contributed by atoms with Crippen LogP contribution in [0.4, 0.5) is 10.5 Å². The first kappa shape index (κ1) is 18.5. The number of alkyl carbamates (subject to hydrolysis) is 1. The number of carbonyl (C=O) groups excluding carboxylic acids is 2. The van der Waals surface area contributed by atoms with Crippen LogP contribution in [0, 0.1) is 0 Å². The van der Waals surface area contributed by atoms with Crippen molar-refractivity contribution in [1.82, 2.24) is 5.32 Å². The SMILES string of the molecule is CC(C)(C)OC(=O)NC[C@@H](N)c1cccc(NC(=O)c2ccco2)c1. The van der Waals surface area contributed by atoms with E-state index < -0.39 is 17.7 Å². The summed E-state index contributed by atoms with van der Waals surface area (Å²) in [5, 5.41) is 5.37. The van der Waals surface area contributed by atoms with Gasteiger partial charge in [-0.3, -0.25) is 4.79 Å². The number of amides is 2. The van der Waals surface area contributed by atoms with Gasteiger partial charge in [0.2, 0.25) is 0 Å². The number of rotatable bonds is 5. The Labute approximate surface area is 146 Å². The van der Waals surface area contributed by atoms with Crippen LogP contribution >= 0.6 is 0 Å². The van der Waals surface area contributed by atoms with Crippen molar-refractivity contribution in [3.8, 4) is 0 Å². The van der Waals surface area contributed by atoms with E-state index in [1.165, 1.54) is 6.26 Å². The van der Waals surface area contributed by atoms with Crippen LogP contribution < -0.4 is 16.4 Å². The van der Waals surface area contributed by atoms with Crippen LogP contribution in [0.1, 0.15) is 42.9 Å². The third-order valence-corrected chi connectivity index (χ3v) is 3.18. The molecule has 1 atom stereocenters. The van der Waals surface area contributed by atoms with E-state index in [9.17, 15) is 9.59 Å². The standard InChI is InChI=1S/C18H23N3O4/c1-18(2,3)25-17(23)20-11-14(19)12-6-4-7-13(10-12)21-16(22)15-8-5-9-24-15/h4-10,14H,11,19H2,1-3H3,(H,20,23)(H,21,22)/t14-/m1/s1. The van der Waals surface area contributed by atoms with Crippen molar-refractivity contribution in [2.24, 2.45) is 5.73 Å². The second-order valence-electron chi connectivity index (χ2n) is 6.55. The molecule has 0 aliphatic rings. The molecule has 1 aromatic carbocycles. The van der Waals surface area contributed by atoms with Gasteiger partial charge >= 0.3 is 6.09 Å². The van der Waals surface area contributed by atoms with Crippen molar-refractivity contribution < 1.29 is 18.7 Å². The van der Waals surface area contributed by atoms with Crippen LogP contribution in [0.25, 0.3) is 0 Å². The summed E-state index contributed by atoms with van der Waals surface area (Å²) in [6, 6.07) is 9.89. The Morgan fingerprint density at radius 2 is 2.00 bits per heavy atom. The molecule has 0 fully saturated rings. The lowest BCUT2D eigenvalue weighted by atomic mass is 10.1. The molecule has 0 aliphatic carbocycles. The summed E-state index contributed by atoms with van der Waals surface area (Å²) < 4.78 is 10.2. The van der Waals surface area contributed by atoms with E-state index in [2.05, 4.69) is 10.6 Å². The van der Waals surface area contributed by atoms with Gasteiger partial charge in [0.15, 0.2) is 5.76 Å². The highest BCUT2D eigenvalue weighted by atomic mass is 16.6. The fourth-order valence-electron chi connectivity index (χ4n) is 2.07. The van der Waals surface area contributed by atoms with E-state index >= 15 is 0 Å². The number of anilines is 1. The number of hydrogen-bond acceptors (Lipinski definition) is 5. The lowest BCUT2D eigenvalue weighted by molar-refractivity contribution is 0.0524. The Kier molecular flexibility index (Phi) is 5.82. The Hall–Kier alpha value is -2.80. The number of hydrogen-bond donors (Lipinski definition) is 3. The van der Waals surface area contributed by atoms with Crippen LogP contribution in [0.2, 0.25) is 0 Å². The summed E-state index contributed by atoms with van der Waals surface area (Å²) in [6.07, 6.45) is 0.911. The maximum atomic E-state index is 12.0. The topological polar surface area (TPSA) is 107 Å². The molecule has 0 aliphatic heterocycles. The normalized spacial score (nSPS) is 12.3. The van der Waals surface area contributed by atoms with Crippen molar-refractivity contribution in [3.05, 3.63) is 54.0 Å². The highest BCUT2D eigenvalue weighted by molar-refractivity contribution is 6.02. The highest BCUT2D eigenvalue weighted by Crippen LogP contribution is 2.17. The van der Waals surface area contributed by atoms with Crippen molar-refractivity contribution >= 4 is 17.7 Å². The highest BCUT2D eigenvalue weighted by Gasteiger charge is 2.17. The van der Waals surface area contributed by atoms with Crippen molar-refractivity contribution in [2.75, 3.05) is 11.9 Å². The first-order valence-corrected chi connectivity index (χ1v) is 7.92. The van der Waals surface area contributed by atoms with Gasteiger partial charge in [0.1, 0.15) is 5.60 Å². The molecule has 1 heterocycles. The van der Waals surface area contributed by atoms with Crippen molar-refractivity contribution in [2.45, 2.75) is 32.4 Å². The third-order valence-electron chi connectivity index (χ3n) is 3.18. The van der Waals surface area contributed by atoms with Crippen LogP contribution in [0.15, 0.2) is 47.1 Å². The molecule has 2 amide bonds. The van der Waals surface area contributed by atoms with Crippen LogP contribution in [-0.4, -0.2) is 24.1 Å². The maximum Gasteiger partial charge on any atom is 0.407 e. The maximum absolute atomic E-state index is 12.0. The van der Waals surface area contributed by atoms with Gasteiger partial charge in [-0.25, -0.2) is 4.79 Å². The number of benzene rings is 1. The third kappa shape index (κ3) is 5.96. The van der Waals surface area contributed by atoms with E-state index in [-0.39, 0.29) is 18.2 Å². The number of furan rings is 1. The molecule has 4 N–H and O–H groups in total. The number of ether oxygens (including phenoxy) is 1. The molecule has 0 radical (unpaired) electrons. The van der Waals surface area contributed by atoms with Gasteiger partial charge in [0.05, 0.1) is 6.26 Å². The molecule has 2 aromatic rings. The fourth-order valence-corrected chi connectivity index (χ4v) is 2.07. The zero-order chi connectivity index (χ0) is 18.4. The molecule has 0 bridgehead atoms. The van der Waals surface area contributed by atoms with Gasteiger partial charge in [-0.05, 0) is 50.6 Å². The summed E-state index contributed by atoms with van der Waals surface area (Å²) >= 11 is 0. The first-order chi connectivity index (χ1) is 11.7. The number of nitrogens with one attached hydrogen (secondary N) is 2. The van der Waals surface area contributed by atoms with E-state index in [4.69, 9.17) is 14.9 Å². The van der Waals surface area contributed by atoms with Gasteiger partial charge in [-0.2, -0.15) is 0 Å². The van der Waals surface area contributed by atoms with Crippen LogP contribution in [-0.2, 0) is 4.74 Å². The summed E-state index contributed by atoms with van der Waals surface area (Å²) in [6.45, 7) is 5.58. The first-order valence-electron chi connectivity index (χ1n) is 7.92. The van der Waals surface area contributed by atoms with E-state index in [1.807, 2.05) is 6.07 Å². The molecule has 0 saturated heterocycles. The average Bonchev–Trinajstić information content (AvgIpc) is 3.06. The predicted molar refractivity (Wildman–Crippen MR) is 94.3 cm³/mol. The number of nitrogens with two attached hydrogens (primary N) is 1. The minimum atomic E-state index is -0.565. The van der Waals surface area contributed by atoms with Gasteiger partial charge in [0, 0.05) is 18.3 Å². The zero-order valence-corrected chi connectivity index (χ0v) is 14.5. The van der Waals surface area contributed by atoms with Gasteiger partial charge in [-0.1, -0.05) is 12.1 Å². The molecule has 7 heteroatoms. The van der Waals surface area contributed by atoms with E-state index in [0.29, 0.717) is 5.69 Å². The molecule has 134 valence electrons. The van der Waals surface area contributed by atoms with Crippen LogP contribution in [0.3, 0.4) is 0 Å². The Balaban J connectivity index is 1.93. The monoisotopic (exact) mass is 345 g/mol. The molecular formula is C18H23N3O4. The zero-order valence-electron chi connectivity index (χ0n) is 14.5. The van der Waals surface area contributed by atoms with Crippen molar-refractivity contribution in [3.63, 3.8) is 0 Å². The van der Waals surface area contributed by atoms with Gasteiger partial charge in [0.25, 0.3) is 5.91 Å². The van der Waals surface area contributed by atoms with E-state index in [0.717, 1.165) is 5.56 Å². The minimum Gasteiger partial charge on any atom is -0.459 e. The molecule has 25 heavy (non-hydrogen) atoms. The van der Waals surface area contributed by atoms with Gasteiger partial charge in [-0.15, -0.1) is 0 Å². The van der Waals surface area contributed by atoms with Crippen LogP contribution in [0.5, 0.6) is 0 Å². The molecule has 2 rings (SSSR count). The minimum absolute atomic E-state index is 0.213. The fraction of sp³-hybridized carbons (Fsp3) is 0.333. The molecule has 0 saturated carbocycles. The molecule has 1 aromatic heterocycles. The summed E-state index contributed by atoms with van der Waals surface area (Å²) in [5.74, 6) is -0.121. The van der Waals surface area contributed by atoms with Gasteiger partial charge < -0.3 is 25.5 Å². The molecule has 7 nitrogen and oxygen atoms in total. The Bertz CT molecular complexity index is 720. The second kappa shape index (κ2) is 7.85. The summed E-state index contributed by atoms with van der Waals surface area (Å²) in [4.78, 5) is 23.7. The largest absolute Gasteiger partial charge is 0.459 e. The number of carbonyl (C=O) groups is 2. The molecule has 0 unspecified atom stereocenters.